The first kappa shape index (κ1) is 28.9. The smallest absolute Gasteiger partial charge is 0.229 e. The Labute approximate surface area is 253 Å². The summed E-state index contributed by atoms with van der Waals surface area (Å²) in [7, 11) is 3.92. The Morgan fingerprint density at radius 2 is 1.84 bits per heavy atom. The van der Waals surface area contributed by atoms with Gasteiger partial charge in [0.15, 0.2) is 0 Å². The number of rotatable bonds is 8. The lowest BCUT2D eigenvalue weighted by Crippen LogP contribution is -2.27. The summed E-state index contributed by atoms with van der Waals surface area (Å²) >= 11 is 0. The van der Waals surface area contributed by atoms with Crippen molar-refractivity contribution in [2.75, 3.05) is 32.6 Å². The molecule has 11 heteroatoms. The third-order valence-electron chi connectivity index (χ3n) is 7.20. The van der Waals surface area contributed by atoms with Crippen LogP contribution in [0.15, 0.2) is 67.3 Å². The number of benzene rings is 1. The molecule has 0 bridgehead atoms. The van der Waals surface area contributed by atoms with Crippen molar-refractivity contribution in [2.45, 2.75) is 20.8 Å². The minimum atomic E-state index is -0.538. The minimum Gasteiger partial charge on any atom is -0.492 e. The number of hydrogen-bond donors (Lipinski definition) is 3. The van der Waals surface area contributed by atoms with Gasteiger partial charge in [-0.15, -0.1) is 0 Å². The van der Waals surface area contributed by atoms with Gasteiger partial charge < -0.3 is 19.9 Å². The zero-order chi connectivity index (χ0) is 31.0. The van der Waals surface area contributed by atoms with Crippen LogP contribution in [0.1, 0.15) is 20.8 Å². The molecule has 44 heavy (non-hydrogen) atoms. The Hall–Kier alpha value is -5.16. The van der Waals surface area contributed by atoms with E-state index < -0.39 is 5.41 Å². The highest BCUT2D eigenvalue weighted by molar-refractivity contribution is 6.00. The predicted molar refractivity (Wildman–Crippen MR) is 170 cm³/mol. The Bertz CT molecular complexity index is 1990. The maximum atomic E-state index is 14.7. The van der Waals surface area contributed by atoms with Gasteiger partial charge in [-0.2, -0.15) is 5.10 Å². The molecule has 6 aromatic rings. The molecule has 1 amide bonds. The fourth-order valence-corrected chi connectivity index (χ4v) is 4.80. The standard InChI is InChI=1S/C33H33FN8O2/c1-33(2,3)32(43)38-22-11-20(16-35-17-22)27-15-26-29(18-37-27)40-41-30(26)28-14-25-24(6-7-36-31(25)39-28)19-10-21(34)13-23(12-19)44-9-8-42(4)5/h6-7,10-18H,8-9H2,1-5H3,(H,36,39)(H,38,43)(H,40,41). The van der Waals surface area contributed by atoms with Gasteiger partial charge in [0, 0.05) is 46.8 Å². The molecule has 10 nitrogen and oxygen atoms in total. The summed E-state index contributed by atoms with van der Waals surface area (Å²) in [6.07, 6.45) is 6.73. The fraction of sp³-hybridized carbons (Fsp3) is 0.242. The van der Waals surface area contributed by atoms with Crippen molar-refractivity contribution in [1.29, 1.82) is 0 Å². The second kappa shape index (κ2) is 11.5. The lowest BCUT2D eigenvalue weighted by molar-refractivity contribution is -0.123. The number of aromatic amines is 2. The fourth-order valence-electron chi connectivity index (χ4n) is 4.80. The van der Waals surface area contributed by atoms with Crippen LogP contribution in [0, 0.1) is 11.2 Å². The largest absolute Gasteiger partial charge is 0.492 e. The minimum absolute atomic E-state index is 0.102. The quantitative estimate of drug-likeness (QED) is 0.190. The molecule has 0 saturated heterocycles. The Kier molecular flexibility index (Phi) is 7.56. The van der Waals surface area contributed by atoms with Gasteiger partial charge in [0.2, 0.25) is 5.91 Å². The number of nitrogens with one attached hydrogen (secondary N) is 3. The first-order valence-electron chi connectivity index (χ1n) is 14.2. The van der Waals surface area contributed by atoms with E-state index in [-0.39, 0.29) is 11.7 Å². The Morgan fingerprint density at radius 3 is 2.64 bits per heavy atom. The number of H-pyrrole nitrogens is 2. The molecular formula is C33H33FN8O2. The second-order valence-electron chi connectivity index (χ2n) is 12.0. The summed E-state index contributed by atoms with van der Waals surface area (Å²) in [6.45, 7) is 6.74. The zero-order valence-corrected chi connectivity index (χ0v) is 25.2. The summed E-state index contributed by atoms with van der Waals surface area (Å²) in [5.41, 5.74) is 5.81. The highest BCUT2D eigenvalue weighted by Crippen LogP contribution is 2.35. The molecule has 0 fully saturated rings. The molecule has 0 unspecified atom stereocenters. The number of carbonyl (C=O) groups excluding carboxylic acids is 1. The number of halogens is 1. The van der Waals surface area contributed by atoms with Crippen molar-refractivity contribution in [2.24, 2.45) is 5.41 Å². The monoisotopic (exact) mass is 592 g/mol. The van der Waals surface area contributed by atoms with E-state index in [1.165, 1.54) is 12.1 Å². The van der Waals surface area contributed by atoms with Gasteiger partial charge in [-0.3, -0.25) is 19.9 Å². The molecule has 5 aromatic heterocycles. The van der Waals surface area contributed by atoms with Crippen LogP contribution in [0.4, 0.5) is 10.1 Å². The molecule has 0 spiro atoms. The zero-order valence-electron chi connectivity index (χ0n) is 25.2. The number of likely N-dealkylation sites (N-methyl/N-ethyl adjacent to an activating group) is 1. The molecular weight excluding hydrogens is 559 g/mol. The molecule has 0 aliphatic heterocycles. The summed E-state index contributed by atoms with van der Waals surface area (Å²) in [5.74, 6) is -0.00884. The number of hydrogen-bond acceptors (Lipinski definition) is 7. The van der Waals surface area contributed by atoms with Gasteiger partial charge in [0.25, 0.3) is 0 Å². The maximum absolute atomic E-state index is 14.7. The van der Waals surface area contributed by atoms with Gasteiger partial charge in [0.05, 0.1) is 35.0 Å². The van der Waals surface area contributed by atoms with E-state index in [9.17, 15) is 9.18 Å². The predicted octanol–water partition coefficient (Wildman–Crippen LogP) is 6.29. The highest BCUT2D eigenvalue weighted by Gasteiger charge is 2.22. The van der Waals surface area contributed by atoms with Crippen LogP contribution in [-0.2, 0) is 4.79 Å². The van der Waals surface area contributed by atoms with E-state index in [0.29, 0.717) is 40.6 Å². The van der Waals surface area contributed by atoms with E-state index in [4.69, 9.17) is 4.74 Å². The Morgan fingerprint density at radius 1 is 1.00 bits per heavy atom. The average molecular weight is 593 g/mol. The first-order chi connectivity index (χ1) is 21.0. The summed E-state index contributed by atoms with van der Waals surface area (Å²) in [6, 6.07) is 12.3. The first-order valence-corrected chi connectivity index (χ1v) is 14.2. The summed E-state index contributed by atoms with van der Waals surface area (Å²) < 4.78 is 20.5. The molecule has 0 saturated carbocycles. The van der Waals surface area contributed by atoms with Crippen LogP contribution in [0.2, 0.25) is 0 Å². The van der Waals surface area contributed by atoms with Gasteiger partial charge in [-0.05, 0) is 61.6 Å². The van der Waals surface area contributed by atoms with Crippen LogP contribution in [0.5, 0.6) is 5.75 Å². The van der Waals surface area contributed by atoms with Crippen LogP contribution < -0.4 is 10.1 Å². The highest BCUT2D eigenvalue weighted by atomic mass is 19.1. The van der Waals surface area contributed by atoms with Crippen molar-refractivity contribution in [3.8, 4) is 39.5 Å². The molecule has 224 valence electrons. The number of nitrogens with zero attached hydrogens (tertiary/aromatic N) is 5. The van der Waals surface area contributed by atoms with E-state index in [1.54, 1.807) is 24.8 Å². The number of aromatic nitrogens is 6. The topological polar surface area (TPSA) is 125 Å². The van der Waals surface area contributed by atoms with Crippen molar-refractivity contribution < 1.29 is 13.9 Å². The van der Waals surface area contributed by atoms with Crippen LogP contribution in [-0.4, -0.2) is 68.2 Å². The normalized spacial score (nSPS) is 11.9. The number of ether oxygens (including phenoxy) is 1. The molecule has 5 heterocycles. The third kappa shape index (κ3) is 6.00. The van der Waals surface area contributed by atoms with Crippen molar-refractivity contribution in [3.63, 3.8) is 0 Å². The number of carbonyl (C=O) groups is 1. The Balaban J connectivity index is 1.35. The van der Waals surface area contributed by atoms with Crippen LogP contribution in [0.25, 0.3) is 55.7 Å². The van der Waals surface area contributed by atoms with Crippen molar-refractivity contribution in [1.82, 2.24) is 35.0 Å². The molecule has 6 rings (SSSR count). The van der Waals surface area contributed by atoms with Crippen LogP contribution >= 0.6 is 0 Å². The average Bonchev–Trinajstić information content (AvgIpc) is 3.60. The number of anilines is 1. The van der Waals surface area contributed by atoms with Crippen molar-refractivity contribution >= 4 is 33.5 Å². The summed E-state index contributed by atoms with van der Waals surface area (Å²) in [4.78, 5) is 31.3. The van der Waals surface area contributed by atoms with Gasteiger partial charge >= 0.3 is 0 Å². The maximum Gasteiger partial charge on any atom is 0.229 e. The van der Waals surface area contributed by atoms with Gasteiger partial charge in [-0.25, -0.2) is 9.37 Å². The van der Waals surface area contributed by atoms with E-state index in [2.05, 4.69) is 35.5 Å². The number of pyridine rings is 3. The lowest BCUT2D eigenvalue weighted by atomic mass is 9.95. The third-order valence-corrected chi connectivity index (χ3v) is 7.20. The van der Waals surface area contributed by atoms with Crippen molar-refractivity contribution in [3.05, 3.63) is 73.1 Å². The van der Waals surface area contributed by atoms with Gasteiger partial charge in [-0.1, -0.05) is 20.8 Å². The second-order valence-corrected chi connectivity index (χ2v) is 12.0. The SMILES string of the molecule is CN(C)CCOc1cc(F)cc(-c2ccnc3[nH]c(-c4n[nH]c5cnc(-c6cncc(NC(=O)C(C)(C)C)c6)cc45)cc23)c1. The number of fused-ring (bicyclic) bond motifs is 2. The van der Waals surface area contributed by atoms with E-state index in [0.717, 1.165) is 39.7 Å². The van der Waals surface area contributed by atoms with E-state index >= 15 is 0 Å². The van der Waals surface area contributed by atoms with E-state index in [1.807, 2.05) is 70.1 Å². The molecule has 1 aromatic carbocycles. The molecule has 0 atom stereocenters. The molecule has 0 aliphatic carbocycles. The number of amides is 1. The lowest BCUT2D eigenvalue weighted by Gasteiger charge is -2.17. The molecule has 0 aliphatic rings. The molecule has 0 radical (unpaired) electrons. The van der Waals surface area contributed by atoms with Crippen LogP contribution in [0.3, 0.4) is 0 Å². The summed E-state index contributed by atoms with van der Waals surface area (Å²) in [5, 5.41) is 12.2. The molecule has 3 N–H and O–H groups in total. The van der Waals surface area contributed by atoms with Gasteiger partial charge in [0.1, 0.15) is 29.5 Å².